The van der Waals surface area contributed by atoms with Gasteiger partial charge in [-0.05, 0) is 117 Å². The number of carbonyl (C=O) groups is 1. The van der Waals surface area contributed by atoms with Gasteiger partial charge in [-0.25, -0.2) is 0 Å². The number of aliphatic hydroxyl groups excluding tert-OH is 6. The summed E-state index contributed by atoms with van der Waals surface area (Å²) in [5, 5.41) is 75.0. The molecule has 8 heteroatoms. The van der Waals surface area contributed by atoms with Crippen LogP contribution in [0.3, 0.4) is 0 Å². The standard InChI is InChI=1S/C21H30O4.C19H28O4/c1-4-21(25)8-6-14-17-15(23)10-12-9-13(22)5-7-19(12,2)18(17)16(24)11-20(14,21)3;1-18-6-5-11(20)7-10(18)8-13(21)16-12-3-4-15(23)19(12,2)9-14(22)17(16)18/h1,10,13-18,22-25H,5-9,11H2,2-3H3;8,11-14,16-17,20-22H,3-7,9H2,1-2H3/t13-,14?,15-,16+,17?,18?,19-,20-,21-;11-,12?,13-,14+,16?,17?,18-,19-/m00/s1. The smallest absolute Gasteiger partial charge is 0.139 e. The van der Waals surface area contributed by atoms with Crippen LogP contribution in [0.25, 0.3) is 0 Å². The van der Waals surface area contributed by atoms with Crippen molar-refractivity contribution in [2.75, 3.05) is 0 Å². The summed E-state index contributed by atoms with van der Waals surface area (Å²) in [5.74, 6) is 2.92. The van der Waals surface area contributed by atoms with Crippen molar-refractivity contribution >= 4 is 5.78 Å². The number of carbonyl (C=O) groups excluding carboxylic acids is 1. The third-order valence-corrected chi connectivity index (χ3v) is 16.2. The largest absolute Gasteiger partial charge is 0.393 e. The maximum absolute atomic E-state index is 12.4. The molecule has 0 amide bonds. The molecule has 0 saturated heterocycles. The van der Waals surface area contributed by atoms with E-state index < -0.39 is 40.8 Å². The minimum atomic E-state index is -1.21. The summed E-state index contributed by atoms with van der Waals surface area (Å²) in [6.07, 6.45) is 14.5. The maximum atomic E-state index is 12.4. The van der Waals surface area contributed by atoms with Gasteiger partial charge in [0.2, 0.25) is 0 Å². The molecular weight excluding hydrogens is 608 g/mol. The molecule has 6 saturated carbocycles. The Morgan fingerprint density at radius 2 is 1.19 bits per heavy atom. The van der Waals surface area contributed by atoms with E-state index in [-0.39, 0.29) is 64.3 Å². The Balaban J connectivity index is 0.000000152. The fourth-order valence-electron chi connectivity index (χ4n) is 13.5. The van der Waals surface area contributed by atoms with Crippen molar-refractivity contribution in [2.45, 2.75) is 147 Å². The lowest BCUT2D eigenvalue weighted by molar-refractivity contribution is -0.172. The summed E-state index contributed by atoms with van der Waals surface area (Å²) in [6, 6.07) is 0. The SMILES string of the molecule is C#C[C@]1(O)CCC2C3C([C@H](O)C[C@@]21C)[C@@]1(C)CC[C@H](O)CC1=C[C@@H]3O.C[C@]12CC[C@H](O)CC1=C[C@H](O)C1C2[C@H](O)C[C@]2(C)C(=O)CCC12. The fourth-order valence-corrected chi connectivity index (χ4v) is 13.5. The first-order valence-electron chi connectivity index (χ1n) is 18.7. The van der Waals surface area contributed by atoms with Crippen molar-refractivity contribution in [2.24, 2.45) is 57.2 Å². The number of aliphatic hydroxyl groups is 7. The second kappa shape index (κ2) is 11.5. The minimum Gasteiger partial charge on any atom is -0.393 e. The molecule has 6 fully saturated rings. The molecule has 8 aliphatic rings. The van der Waals surface area contributed by atoms with Crippen LogP contribution in [-0.4, -0.2) is 83.8 Å². The van der Waals surface area contributed by atoms with Crippen LogP contribution in [0.15, 0.2) is 23.3 Å². The van der Waals surface area contributed by atoms with E-state index in [1.54, 1.807) is 0 Å². The predicted molar refractivity (Wildman–Crippen MR) is 180 cm³/mol. The lowest BCUT2D eigenvalue weighted by atomic mass is 9.45. The van der Waals surface area contributed by atoms with Gasteiger partial charge in [0.1, 0.15) is 11.4 Å². The zero-order valence-electron chi connectivity index (χ0n) is 29.2. The first-order valence-corrected chi connectivity index (χ1v) is 18.7. The van der Waals surface area contributed by atoms with Gasteiger partial charge in [-0.3, -0.25) is 4.79 Å². The van der Waals surface area contributed by atoms with E-state index in [4.69, 9.17) is 6.42 Å². The molecule has 6 unspecified atom stereocenters. The lowest BCUT2D eigenvalue weighted by Crippen LogP contribution is -2.62. The van der Waals surface area contributed by atoms with Crippen molar-refractivity contribution in [1.82, 2.24) is 0 Å². The first-order chi connectivity index (χ1) is 22.4. The van der Waals surface area contributed by atoms with Crippen LogP contribution >= 0.6 is 0 Å². The van der Waals surface area contributed by atoms with Crippen LogP contribution in [-0.2, 0) is 4.79 Å². The van der Waals surface area contributed by atoms with Crippen LogP contribution in [0.4, 0.5) is 0 Å². The first kappa shape index (κ1) is 34.9. The zero-order valence-corrected chi connectivity index (χ0v) is 29.2. The van der Waals surface area contributed by atoms with E-state index >= 15 is 0 Å². The zero-order chi connectivity index (χ0) is 34.8. The summed E-state index contributed by atoms with van der Waals surface area (Å²) in [5.41, 5.74) is -0.408. The Morgan fingerprint density at radius 1 is 0.688 bits per heavy atom. The third-order valence-electron chi connectivity index (χ3n) is 16.2. The predicted octanol–water partition coefficient (Wildman–Crippen LogP) is 3.44. The molecule has 0 aromatic carbocycles. The summed E-state index contributed by atoms with van der Waals surface area (Å²) < 4.78 is 0. The van der Waals surface area contributed by atoms with Crippen molar-refractivity contribution in [1.29, 1.82) is 0 Å². The Morgan fingerprint density at radius 3 is 1.71 bits per heavy atom. The highest BCUT2D eigenvalue weighted by Gasteiger charge is 2.68. The highest BCUT2D eigenvalue weighted by Crippen LogP contribution is 2.67. The molecule has 48 heavy (non-hydrogen) atoms. The Kier molecular flexibility index (Phi) is 8.33. The third kappa shape index (κ3) is 4.71. The quantitative estimate of drug-likeness (QED) is 0.153. The fraction of sp³-hybridized carbons (Fsp3) is 0.825. The molecule has 0 bridgehead atoms. The van der Waals surface area contributed by atoms with Gasteiger partial charge < -0.3 is 35.7 Å². The molecule has 8 rings (SSSR count). The molecule has 0 spiro atoms. The normalized spacial score (nSPS) is 56.8. The number of terminal acetylenes is 1. The van der Waals surface area contributed by atoms with Gasteiger partial charge in [0.05, 0.1) is 36.6 Å². The van der Waals surface area contributed by atoms with E-state index in [1.165, 1.54) is 0 Å². The molecule has 0 aliphatic heterocycles. The van der Waals surface area contributed by atoms with Gasteiger partial charge in [-0.1, -0.05) is 56.9 Å². The molecule has 0 heterocycles. The molecule has 8 aliphatic carbocycles. The van der Waals surface area contributed by atoms with Crippen LogP contribution < -0.4 is 0 Å². The number of Topliss-reactive ketones (excluding diaryl/α,β-unsaturated/α-hetero) is 1. The topological polar surface area (TPSA) is 159 Å². The van der Waals surface area contributed by atoms with Gasteiger partial charge in [-0.15, -0.1) is 6.42 Å². The number of fused-ring (bicyclic) bond motifs is 10. The Hall–Kier alpha value is -1.57. The van der Waals surface area contributed by atoms with Crippen LogP contribution in [0, 0.1) is 69.5 Å². The van der Waals surface area contributed by atoms with Crippen LogP contribution in [0.2, 0.25) is 0 Å². The molecule has 0 aromatic rings. The van der Waals surface area contributed by atoms with E-state index in [9.17, 15) is 40.5 Å². The van der Waals surface area contributed by atoms with Crippen molar-refractivity contribution in [3.63, 3.8) is 0 Å². The van der Waals surface area contributed by atoms with E-state index in [0.717, 1.165) is 49.7 Å². The minimum absolute atomic E-state index is 0.00558. The Bertz CT molecular complexity index is 1430. The van der Waals surface area contributed by atoms with Gasteiger partial charge in [-0.2, -0.15) is 0 Å². The average molecular weight is 667 g/mol. The van der Waals surface area contributed by atoms with Crippen LogP contribution in [0.5, 0.6) is 0 Å². The summed E-state index contributed by atoms with van der Waals surface area (Å²) >= 11 is 0. The van der Waals surface area contributed by atoms with Crippen molar-refractivity contribution < 1.29 is 40.5 Å². The second-order valence-corrected chi connectivity index (χ2v) is 18.3. The van der Waals surface area contributed by atoms with Gasteiger partial charge >= 0.3 is 0 Å². The molecule has 266 valence electrons. The van der Waals surface area contributed by atoms with Crippen molar-refractivity contribution in [3.05, 3.63) is 23.3 Å². The number of hydrogen-bond donors (Lipinski definition) is 7. The number of rotatable bonds is 0. The lowest BCUT2D eigenvalue weighted by Gasteiger charge is -2.61. The molecule has 17 atom stereocenters. The summed E-state index contributed by atoms with van der Waals surface area (Å²) in [7, 11) is 0. The van der Waals surface area contributed by atoms with E-state index in [1.807, 2.05) is 26.0 Å². The molecule has 8 nitrogen and oxygen atoms in total. The monoisotopic (exact) mass is 666 g/mol. The second-order valence-electron chi connectivity index (χ2n) is 18.3. The summed E-state index contributed by atoms with van der Waals surface area (Å²) in [6.45, 7) is 8.35. The average Bonchev–Trinajstić information content (AvgIpc) is 3.46. The molecule has 0 radical (unpaired) electrons. The number of hydrogen-bond acceptors (Lipinski definition) is 8. The molecule has 0 aromatic heterocycles. The van der Waals surface area contributed by atoms with Gasteiger partial charge in [0, 0.05) is 17.3 Å². The molecular formula is C40H58O8. The van der Waals surface area contributed by atoms with E-state index in [0.29, 0.717) is 38.5 Å². The highest BCUT2D eigenvalue weighted by atomic mass is 16.3. The Labute approximate surface area is 285 Å². The summed E-state index contributed by atoms with van der Waals surface area (Å²) in [4.78, 5) is 12.4. The highest BCUT2D eigenvalue weighted by molar-refractivity contribution is 5.87. The van der Waals surface area contributed by atoms with E-state index in [2.05, 4.69) is 19.8 Å². The van der Waals surface area contributed by atoms with Crippen LogP contribution in [0.1, 0.15) is 105 Å². The maximum Gasteiger partial charge on any atom is 0.139 e. The van der Waals surface area contributed by atoms with Gasteiger partial charge in [0.15, 0.2) is 0 Å². The number of ketones is 1. The molecule has 7 N–H and O–H groups in total. The van der Waals surface area contributed by atoms with Crippen molar-refractivity contribution in [3.8, 4) is 12.3 Å². The van der Waals surface area contributed by atoms with Gasteiger partial charge in [0.25, 0.3) is 0 Å².